The molecule has 2 fully saturated rings. The molecule has 0 bridgehead atoms. The van der Waals surface area contributed by atoms with Gasteiger partial charge in [0, 0.05) is 24.8 Å². The number of ketones is 2. The molecule has 4 atom stereocenters. The zero-order chi connectivity index (χ0) is 21.2. The molecule has 0 aromatic rings. The predicted molar refractivity (Wildman–Crippen MR) is 95.8 cm³/mol. The smallest absolute Gasteiger partial charge is 0.410 e. The molecule has 0 aromatic heterocycles. The van der Waals surface area contributed by atoms with Crippen LogP contribution in [0.25, 0.3) is 0 Å². The summed E-state index contributed by atoms with van der Waals surface area (Å²) in [6, 6.07) is -0.744. The number of hydrogen-bond acceptors (Lipinski definition) is 9. The van der Waals surface area contributed by atoms with E-state index in [1.54, 1.807) is 11.8 Å². The highest BCUT2D eigenvalue weighted by Gasteiger charge is 2.78. The van der Waals surface area contributed by atoms with E-state index >= 15 is 0 Å². The lowest BCUT2D eigenvalue weighted by molar-refractivity contribution is -0.144. The number of rotatable bonds is 4. The molecule has 3 heterocycles. The minimum Gasteiger partial charge on any atom is -0.450 e. The fourth-order valence-corrected chi connectivity index (χ4v) is 4.92. The Balaban J connectivity index is 1.79. The lowest BCUT2D eigenvalue weighted by Gasteiger charge is -2.40. The first kappa shape index (κ1) is 19.2. The van der Waals surface area contributed by atoms with Gasteiger partial charge in [-0.25, -0.2) is 9.59 Å². The molecule has 0 radical (unpaired) electrons. The lowest BCUT2D eigenvalue weighted by atomic mass is 9.82. The fourth-order valence-electron chi connectivity index (χ4n) is 4.92. The molecule has 0 aromatic carbocycles. The van der Waals surface area contributed by atoms with Crippen LogP contribution < -0.4 is 11.5 Å². The molecule has 4 rings (SSSR count). The minimum atomic E-state index is -1.27. The molecule has 3 aliphatic heterocycles. The van der Waals surface area contributed by atoms with E-state index in [2.05, 4.69) is 0 Å². The molecule has 4 aliphatic rings. The Bertz CT molecular complexity index is 910. The van der Waals surface area contributed by atoms with Crippen molar-refractivity contribution >= 4 is 23.8 Å². The van der Waals surface area contributed by atoms with Gasteiger partial charge < -0.3 is 30.6 Å². The summed E-state index contributed by atoms with van der Waals surface area (Å²) in [4.78, 5) is 52.8. The third-order valence-corrected chi connectivity index (χ3v) is 6.17. The Hall–Kier alpha value is -3.08. The van der Waals surface area contributed by atoms with Gasteiger partial charge in [-0.3, -0.25) is 14.5 Å². The number of primary amides is 1. The first-order valence-electron chi connectivity index (χ1n) is 9.22. The SMILES string of the molecule is CCOC(=O)N1C2CN3C4=C(C(=O)C(N)=C(C)C4=O)C(COC(N)=O)C3(OC)C21. The van der Waals surface area contributed by atoms with Crippen molar-refractivity contribution in [3.8, 4) is 0 Å². The Morgan fingerprint density at radius 2 is 1.93 bits per heavy atom. The van der Waals surface area contributed by atoms with Crippen LogP contribution in [0.4, 0.5) is 9.59 Å². The number of Topliss-reactive ketones (excluding diaryl/α,β-unsaturated/α-hetero) is 2. The highest BCUT2D eigenvalue weighted by molar-refractivity contribution is 6.25. The average Bonchev–Trinajstić information content (AvgIpc) is 3.19. The third kappa shape index (κ3) is 2.27. The largest absolute Gasteiger partial charge is 0.450 e. The van der Waals surface area contributed by atoms with E-state index < -0.39 is 35.7 Å². The number of methoxy groups -OCH3 is 1. The van der Waals surface area contributed by atoms with Crippen LogP contribution in [0.5, 0.6) is 0 Å². The quantitative estimate of drug-likeness (QED) is 0.452. The first-order valence-corrected chi connectivity index (χ1v) is 9.22. The van der Waals surface area contributed by atoms with Crippen molar-refractivity contribution in [1.29, 1.82) is 0 Å². The summed E-state index contributed by atoms with van der Waals surface area (Å²) in [5.74, 6) is -1.75. The molecule has 11 heteroatoms. The van der Waals surface area contributed by atoms with Gasteiger partial charge in [0.15, 0.2) is 5.72 Å². The summed E-state index contributed by atoms with van der Waals surface area (Å²) in [5, 5.41) is 0. The average molecular weight is 406 g/mol. The number of carbonyl (C=O) groups excluding carboxylic acids is 4. The molecular weight excluding hydrogens is 384 g/mol. The van der Waals surface area contributed by atoms with Gasteiger partial charge in [0.2, 0.25) is 11.6 Å². The number of fused-ring (bicyclic) bond motifs is 4. The Kier molecular flexibility index (Phi) is 4.12. The predicted octanol–water partition coefficient (Wildman–Crippen LogP) is -0.782. The van der Waals surface area contributed by atoms with Gasteiger partial charge in [-0.1, -0.05) is 0 Å². The normalized spacial score (nSPS) is 32.3. The number of carbonyl (C=O) groups is 4. The number of nitrogens with zero attached hydrogens (tertiary/aromatic N) is 2. The first-order chi connectivity index (χ1) is 13.7. The third-order valence-electron chi connectivity index (χ3n) is 6.17. The summed E-state index contributed by atoms with van der Waals surface area (Å²) in [7, 11) is 1.42. The Morgan fingerprint density at radius 3 is 2.52 bits per heavy atom. The summed E-state index contributed by atoms with van der Waals surface area (Å²) >= 11 is 0. The Morgan fingerprint density at radius 1 is 1.24 bits per heavy atom. The maximum atomic E-state index is 13.0. The van der Waals surface area contributed by atoms with Crippen LogP contribution >= 0.6 is 0 Å². The summed E-state index contributed by atoms with van der Waals surface area (Å²) in [6.07, 6.45) is -1.54. The van der Waals surface area contributed by atoms with E-state index in [1.165, 1.54) is 18.9 Å². The number of amides is 2. The van der Waals surface area contributed by atoms with Crippen molar-refractivity contribution in [1.82, 2.24) is 9.80 Å². The number of ether oxygens (including phenoxy) is 3. The maximum absolute atomic E-state index is 13.0. The highest BCUT2D eigenvalue weighted by atomic mass is 16.6. The molecule has 1 aliphatic carbocycles. The van der Waals surface area contributed by atoms with Crippen molar-refractivity contribution in [2.45, 2.75) is 31.7 Å². The minimum absolute atomic E-state index is 0.121. The van der Waals surface area contributed by atoms with Crippen molar-refractivity contribution in [2.24, 2.45) is 17.4 Å². The molecule has 0 spiro atoms. The molecular formula is C18H22N4O7. The summed E-state index contributed by atoms with van der Waals surface area (Å²) in [6.45, 7) is 3.36. The fraction of sp³-hybridized carbons (Fsp3) is 0.556. The second-order valence-electron chi connectivity index (χ2n) is 7.33. The van der Waals surface area contributed by atoms with Crippen molar-refractivity contribution in [2.75, 3.05) is 26.9 Å². The van der Waals surface area contributed by atoms with Crippen LogP contribution in [-0.4, -0.2) is 78.2 Å². The zero-order valence-corrected chi connectivity index (χ0v) is 16.3. The second kappa shape index (κ2) is 6.21. The number of allylic oxidation sites excluding steroid dienone is 2. The molecule has 29 heavy (non-hydrogen) atoms. The van der Waals surface area contributed by atoms with Gasteiger partial charge in [-0.2, -0.15) is 0 Å². The standard InChI is InChI=1S/C18H22N4O7/c1-4-28-17(26)22-9-5-21-12-10(14(24)11(19)7(2)13(12)23)8(6-29-16(20)25)18(21,27-3)15(9)22/h8-9,15H,4-6,19H2,1-3H3,(H2,20,25). The summed E-state index contributed by atoms with van der Waals surface area (Å²) in [5.41, 5.74) is 10.0. The van der Waals surface area contributed by atoms with E-state index in [0.717, 1.165) is 0 Å². The van der Waals surface area contributed by atoms with Crippen LogP contribution in [0.3, 0.4) is 0 Å². The molecule has 2 saturated heterocycles. The topological polar surface area (TPSA) is 154 Å². The van der Waals surface area contributed by atoms with Gasteiger partial charge >= 0.3 is 12.2 Å². The molecule has 11 nitrogen and oxygen atoms in total. The molecule has 4 N–H and O–H groups in total. The lowest BCUT2D eigenvalue weighted by Crippen LogP contribution is -2.56. The molecule has 156 valence electrons. The Labute approximate surface area is 166 Å². The van der Waals surface area contributed by atoms with Crippen LogP contribution in [0.15, 0.2) is 22.5 Å². The van der Waals surface area contributed by atoms with Gasteiger partial charge in [-0.15, -0.1) is 0 Å². The molecule has 4 unspecified atom stereocenters. The van der Waals surface area contributed by atoms with Crippen LogP contribution in [0.2, 0.25) is 0 Å². The molecule has 2 amide bonds. The van der Waals surface area contributed by atoms with Gasteiger partial charge in [-0.05, 0) is 13.8 Å². The van der Waals surface area contributed by atoms with Crippen molar-refractivity contribution in [3.05, 3.63) is 22.5 Å². The van der Waals surface area contributed by atoms with E-state index in [-0.39, 0.29) is 54.1 Å². The molecule has 0 saturated carbocycles. The van der Waals surface area contributed by atoms with E-state index in [0.29, 0.717) is 0 Å². The van der Waals surface area contributed by atoms with E-state index in [1.807, 2.05) is 0 Å². The van der Waals surface area contributed by atoms with Gasteiger partial charge in [0.25, 0.3) is 0 Å². The van der Waals surface area contributed by atoms with Crippen LogP contribution in [-0.2, 0) is 23.8 Å². The highest BCUT2D eigenvalue weighted by Crippen LogP contribution is 2.59. The number of piperazine rings is 1. The number of nitrogens with two attached hydrogens (primary N) is 2. The van der Waals surface area contributed by atoms with Gasteiger partial charge in [0.05, 0.1) is 30.0 Å². The van der Waals surface area contributed by atoms with Crippen LogP contribution in [0.1, 0.15) is 13.8 Å². The summed E-state index contributed by atoms with van der Waals surface area (Å²) < 4.78 is 16.0. The zero-order valence-electron chi connectivity index (χ0n) is 16.3. The van der Waals surface area contributed by atoms with Crippen molar-refractivity contribution in [3.63, 3.8) is 0 Å². The van der Waals surface area contributed by atoms with Crippen LogP contribution in [0, 0.1) is 5.92 Å². The van der Waals surface area contributed by atoms with Gasteiger partial charge in [0.1, 0.15) is 12.6 Å². The van der Waals surface area contributed by atoms with E-state index in [4.69, 9.17) is 25.7 Å². The maximum Gasteiger partial charge on any atom is 0.410 e. The van der Waals surface area contributed by atoms with Crippen molar-refractivity contribution < 1.29 is 33.4 Å². The van der Waals surface area contributed by atoms with E-state index in [9.17, 15) is 19.2 Å². The number of hydrogen-bond donors (Lipinski definition) is 2. The monoisotopic (exact) mass is 406 g/mol. The second-order valence-corrected chi connectivity index (χ2v) is 7.33.